The van der Waals surface area contributed by atoms with Crippen LogP contribution in [0, 0.1) is 35.5 Å². The Morgan fingerprint density at radius 2 is 1.04 bits per heavy atom. The monoisotopic (exact) mass is 364 g/mol. The SMILES string of the molecule is CC1CCC(CC2CCC(CC3CCC(CCC(=O)O)CC3)CC2)CC1.[HH]. The first kappa shape index (κ1) is 20.2. The fourth-order valence-electron chi connectivity index (χ4n) is 6.29. The van der Waals surface area contributed by atoms with Gasteiger partial charge < -0.3 is 5.11 Å². The zero-order valence-electron chi connectivity index (χ0n) is 17.1. The van der Waals surface area contributed by atoms with Gasteiger partial charge in [-0.25, -0.2) is 0 Å². The first-order valence-corrected chi connectivity index (χ1v) is 11.8. The van der Waals surface area contributed by atoms with Crippen molar-refractivity contribution in [2.75, 3.05) is 0 Å². The molecule has 3 aliphatic carbocycles. The average Bonchev–Trinajstić information content (AvgIpc) is 2.64. The minimum absolute atomic E-state index is 0. The van der Waals surface area contributed by atoms with Crippen LogP contribution in [0.2, 0.25) is 0 Å². The molecule has 0 radical (unpaired) electrons. The quantitative estimate of drug-likeness (QED) is 0.514. The fraction of sp³-hybridized carbons (Fsp3) is 0.958. The van der Waals surface area contributed by atoms with Gasteiger partial charge in [0, 0.05) is 7.85 Å². The lowest BCUT2D eigenvalue weighted by Gasteiger charge is -2.36. The summed E-state index contributed by atoms with van der Waals surface area (Å²) in [7, 11) is 0. The molecule has 3 fully saturated rings. The Bertz CT molecular complexity index is 414. The minimum atomic E-state index is -0.619. The molecule has 0 bridgehead atoms. The third kappa shape index (κ3) is 6.57. The molecule has 0 heterocycles. The molecule has 0 atom stereocenters. The van der Waals surface area contributed by atoms with Crippen LogP contribution in [0.15, 0.2) is 0 Å². The van der Waals surface area contributed by atoms with Crippen molar-refractivity contribution in [3.8, 4) is 0 Å². The molecule has 0 aliphatic heterocycles. The molecule has 2 nitrogen and oxygen atoms in total. The summed E-state index contributed by atoms with van der Waals surface area (Å²) in [6.45, 7) is 2.43. The Morgan fingerprint density at radius 3 is 1.42 bits per heavy atom. The van der Waals surface area contributed by atoms with Gasteiger partial charge in [0.25, 0.3) is 0 Å². The molecule has 0 amide bonds. The zero-order valence-corrected chi connectivity index (χ0v) is 17.1. The van der Waals surface area contributed by atoms with Crippen LogP contribution < -0.4 is 0 Å². The van der Waals surface area contributed by atoms with E-state index >= 15 is 0 Å². The highest BCUT2D eigenvalue weighted by molar-refractivity contribution is 5.66. The zero-order chi connectivity index (χ0) is 18.4. The van der Waals surface area contributed by atoms with Crippen LogP contribution in [-0.4, -0.2) is 11.1 Å². The summed E-state index contributed by atoms with van der Waals surface area (Å²) >= 11 is 0. The molecular weight excluding hydrogens is 320 g/mol. The first-order chi connectivity index (χ1) is 12.6. The van der Waals surface area contributed by atoms with Crippen LogP contribution in [0.1, 0.15) is 111 Å². The van der Waals surface area contributed by atoms with Crippen molar-refractivity contribution in [2.24, 2.45) is 35.5 Å². The molecule has 3 saturated carbocycles. The van der Waals surface area contributed by atoms with Crippen molar-refractivity contribution in [3.63, 3.8) is 0 Å². The van der Waals surface area contributed by atoms with Gasteiger partial charge in [0.1, 0.15) is 0 Å². The van der Waals surface area contributed by atoms with Gasteiger partial charge >= 0.3 is 5.97 Å². The maximum Gasteiger partial charge on any atom is 0.303 e. The molecule has 0 aromatic rings. The average molecular weight is 365 g/mol. The highest BCUT2D eigenvalue weighted by Crippen LogP contribution is 2.42. The van der Waals surface area contributed by atoms with Gasteiger partial charge in [-0.3, -0.25) is 4.79 Å². The number of hydrogen-bond acceptors (Lipinski definition) is 1. The molecule has 0 unspecified atom stereocenters. The maximum atomic E-state index is 10.7. The Labute approximate surface area is 163 Å². The van der Waals surface area contributed by atoms with E-state index in [4.69, 9.17) is 5.11 Å². The summed E-state index contributed by atoms with van der Waals surface area (Å²) in [6, 6.07) is 0. The molecule has 26 heavy (non-hydrogen) atoms. The largest absolute Gasteiger partial charge is 0.481 e. The standard InChI is InChI=1S/C24H42O2.H2/c1-18-2-4-20(5-3-18)16-22-10-12-23(13-11-22)17-21-8-6-19(7-9-21)14-15-24(25)26;/h18-23H,2-17H2,1H3,(H,25,26);1H. The summed E-state index contributed by atoms with van der Waals surface area (Å²) < 4.78 is 0. The van der Waals surface area contributed by atoms with Crippen LogP contribution in [0.3, 0.4) is 0 Å². The van der Waals surface area contributed by atoms with E-state index in [9.17, 15) is 4.79 Å². The van der Waals surface area contributed by atoms with E-state index in [1.807, 2.05) is 0 Å². The third-order valence-electron chi connectivity index (χ3n) is 8.17. The van der Waals surface area contributed by atoms with Gasteiger partial charge in [-0.15, -0.1) is 0 Å². The molecule has 2 heteroatoms. The van der Waals surface area contributed by atoms with Crippen LogP contribution in [0.25, 0.3) is 0 Å². The first-order valence-electron chi connectivity index (χ1n) is 11.8. The lowest BCUT2D eigenvalue weighted by molar-refractivity contribution is -0.137. The lowest BCUT2D eigenvalue weighted by atomic mass is 9.70. The summed E-state index contributed by atoms with van der Waals surface area (Å²) in [5, 5.41) is 8.85. The van der Waals surface area contributed by atoms with Crippen molar-refractivity contribution >= 4 is 5.97 Å². The number of hydrogen-bond donors (Lipinski definition) is 1. The molecule has 0 aromatic heterocycles. The topological polar surface area (TPSA) is 37.3 Å². The van der Waals surface area contributed by atoms with Gasteiger partial charge in [-0.2, -0.15) is 0 Å². The van der Waals surface area contributed by atoms with Crippen molar-refractivity contribution in [1.82, 2.24) is 0 Å². The number of aliphatic carboxylic acids is 1. The van der Waals surface area contributed by atoms with Crippen LogP contribution in [-0.2, 0) is 4.79 Å². The molecule has 3 rings (SSSR count). The molecule has 152 valence electrons. The number of rotatable bonds is 7. The van der Waals surface area contributed by atoms with Crippen molar-refractivity contribution in [3.05, 3.63) is 0 Å². The summed E-state index contributed by atoms with van der Waals surface area (Å²) in [5.74, 6) is 5.09. The molecular formula is C24H44O2. The maximum absolute atomic E-state index is 10.7. The second-order valence-corrected chi connectivity index (χ2v) is 10.3. The van der Waals surface area contributed by atoms with E-state index in [1.165, 1.54) is 89.9 Å². The van der Waals surface area contributed by atoms with Gasteiger partial charge in [0.15, 0.2) is 0 Å². The summed E-state index contributed by atoms with van der Waals surface area (Å²) in [6.07, 6.45) is 21.6. The molecule has 1 N–H and O–H groups in total. The van der Waals surface area contributed by atoms with Gasteiger partial charge in [-0.1, -0.05) is 84.0 Å². The minimum Gasteiger partial charge on any atom is -0.481 e. The van der Waals surface area contributed by atoms with Crippen molar-refractivity contribution in [1.29, 1.82) is 0 Å². The number of carbonyl (C=O) groups is 1. The Hall–Kier alpha value is -0.530. The van der Waals surface area contributed by atoms with Crippen molar-refractivity contribution in [2.45, 2.75) is 110 Å². The molecule has 0 spiro atoms. The van der Waals surface area contributed by atoms with E-state index in [1.54, 1.807) is 0 Å². The normalized spacial score (nSPS) is 38.8. The lowest BCUT2D eigenvalue weighted by Crippen LogP contribution is -2.23. The van der Waals surface area contributed by atoms with Crippen LogP contribution in [0.5, 0.6) is 0 Å². The van der Waals surface area contributed by atoms with Gasteiger partial charge in [0.05, 0.1) is 0 Å². The second-order valence-electron chi connectivity index (χ2n) is 10.3. The predicted molar refractivity (Wildman–Crippen MR) is 110 cm³/mol. The van der Waals surface area contributed by atoms with Crippen molar-refractivity contribution < 1.29 is 11.3 Å². The summed E-state index contributed by atoms with van der Waals surface area (Å²) in [4.78, 5) is 10.7. The Balaban J connectivity index is 0.00000261. The fourth-order valence-corrected chi connectivity index (χ4v) is 6.29. The van der Waals surface area contributed by atoms with Crippen LogP contribution >= 0.6 is 0 Å². The van der Waals surface area contributed by atoms with E-state index in [0.29, 0.717) is 12.3 Å². The second kappa shape index (κ2) is 10.1. The van der Waals surface area contributed by atoms with E-state index in [0.717, 1.165) is 36.0 Å². The molecule has 0 saturated heterocycles. The van der Waals surface area contributed by atoms with Gasteiger partial charge in [0.2, 0.25) is 0 Å². The number of carboxylic acid groups (broad SMARTS) is 1. The summed E-state index contributed by atoms with van der Waals surface area (Å²) in [5.41, 5.74) is 0. The predicted octanol–water partition coefficient (Wildman–Crippen LogP) is 7.32. The number of carboxylic acids is 1. The van der Waals surface area contributed by atoms with E-state index < -0.39 is 5.97 Å². The Morgan fingerprint density at radius 1 is 0.692 bits per heavy atom. The third-order valence-corrected chi connectivity index (χ3v) is 8.17. The molecule has 0 aromatic carbocycles. The highest BCUT2D eigenvalue weighted by Gasteiger charge is 2.29. The van der Waals surface area contributed by atoms with Gasteiger partial charge in [-0.05, 0) is 54.8 Å². The Kier molecular flexibility index (Phi) is 7.88. The van der Waals surface area contributed by atoms with E-state index in [-0.39, 0.29) is 1.43 Å². The van der Waals surface area contributed by atoms with E-state index in [2.05, 4.69) is 6.92 Å². The smallest absolute Gasteiger partial charge is 0.303 e. The highest BCUT2D eigenvalue weighted by atomic mass is 16.4. The van der Waals surface area contributed by atoms with Crippen LogP contribution in [0.4, 0.5) is 0 Å². The molecule has 3 aliphatic rings.